The fourth-order valence-electron chi connectivity index (χ4n) is 2.67. The van der Waals surface area contributed by atoms with Gasteiger partial charge in [-0.2, -0.15) is 0 Å². The van der Waals surface area contributed by atoms with Crippen LogP contribution in [0.1, 0.15) is 30.5 Å². The van der Waals surface area contributed by atoms with Crippen LogP contribution in [-0.4, -0.2) is 35.2 Å². The van der Waals surface area contributed by atoms with Crippen LogP contribution >= 0.6 is 0 Å². The van der Waals surface area contributed by atoms with Crippen molar-refractivity contribution < 1.29 is 5.11 Å². The molecule has 2 N–H and O–H groups in total. The van der Waals surface area contributed by atoms with E-state index in [1.165, 1.54) is 5.56 Å². The molecule has 0 atom stereocenters. The van der Waals surface area contributed by atoms with Gasteiger partial charge in [0.2, 0.25) is 0 Å². The fourth-order valence-corrected chi connectivity index (χ4v) is 2.67. The largest absolute Gasteiger partial charge is 0.507 e. The lowest BCUT2D eigenvalue weighted by Crippen LogP contribution is -2.57. The summed E-state index contributed by atoms with van der Waals surface area (Å²) < 4.78 is 0. The summed E-state index contributed by atoms with van der Waals surface area (Å²) in [5.41, 5.74) is 3.42. The Kier molecular flexibility index (Phi) is 3.64. The number of aromatic hydroxyl groups is 1. The fraction of sp³-hybridized carbons (Fsp3) is 0.600. The van der Waals surface area contributed by atoms with Crippen molar-refractivity contribution in [2.24, 2.45) is 0 Å². The van der Waals surface area contributed by atoms with E-state index in [4.69, 9.17) is 0 Å². The highest BCUT2D eigenvalue weighted by molar-refractivity contribution is 5.42. The van der Waals surface area contributed by atoms with Crippen LogP contribution in [0.25, 0.3) is 0 Å². The van der Waals surface area contributed by atoms with Gasteiger partial charge in [0.05, 0.1) is 0 Å². The van der Waals surface area contributed by atoms with E-state index in [1.54, 1.807) is 0 Å². The van der Waals surface area contributed by atoms with Crippen molar-refractivity contribution in [2.75, 3.05) is 19.6 Å². The van der Waals surface area contributed by atoms with Gasteiger partial charge in [-0.25, -0.2) is 0 Å². The molecule has 1 saturated heterocycles. The van der Waals surface area contributed by atoms with E-state index in [0.29, 0.717) is 5.75 Å². The van der Waals surface area contributed by atoms with Gasteiger partial charge >= 0.3 is 0 Å². The van der Waals surface area contributed by atoms with Crippen molar-refractivity contribution in [1.82, 2.24) is 10.2 Å². The van der Waals surface area contributed by atoms with Crippen LogP contribution in [-0.2, 0) is 6.54 Å². The van der Waals surface area contributed by atoms with E-state index in [-0.39, 0.29) is 5.54 Å². The average Bonchev–Trinajstić information content (AvgIpc) is 2.28. The minimum atomic E-state index is 0.192. The monoisotopic (exact) mass is 248 g/mol. The highest BCUT2D eigenvalue weighted by Gasteiger charge is 2.29. The Hall–Kier alpha value is -1.06. The third-order valence-corrected chi connectivity index (χ3v) is 3.90. The minimum Gasteiger partial charge on any atom is -0.507 e. The zero-order valence-corrected chi connectivity index (χ0v) is 11.9. The van der Waals surface area contributed by atoms with Gasteiger partial charge in [0.15, 0.2) is 0 Å². The summed E-state index contributed by atoms with van der Waals surface area (Å²) in [4.78, 5) is 2.51. The minimum absolute atomic E-state index is 0.192. The SMILES string of the molecule is Cc1cc(CN2CCNCC2(C)C)cc(C)c1O. The maximum Gasteiger partial charge on any atom is 0.121 e. The van der Waals surface area contributed by atoms with Gasteiger partial charge in [0, 0.05) is 31.7 Å². The lowest BCUT2D eigenvalue weighted by atomic mass is 9.98. The van der Waals surface area contributed by atoms with E-state index < -0.39 is 0 Å². The summed E-state index contributed by atoms with van der Waals surface area (Å²) in [6.45, 7) is 12.6. The van der Waals surface area contributed by atoms with Crippen LogP contribution in [0.3, 0.4) is 0 Å². The number of aryl methyl sites for hydroxylation is 2. The van der Waals surface area contributed by atoms with Crippen LogP contribution in [0.15, 0.2) is 12.1 Å². The second-order valence-corrected chi connectivity index (χ2v) is 5.99. The molecule has 18 heavy (non-hydrogen) atoms. The molecule has 0 amide bonds. The second kappa shape index (κ2) is 4.90. The predicted octanol–water partition coefficient (Wildman–Crippen LogP) is 2.19. The Balaban J connectivity index is 2.18. The maximum atomic E-state index is 9.82. The van der Waals surface area contributed by atoms with Crippen molar-refractivity contribution in [3.05, 3.63) is 28.8 Å². The molecule has 1 aromatic rings. The number of benzene rings is 1. The Morgan fingerprint density at radius 1 is 1.28 bits per heavy atom. The summed E-state index contributed by atoms with van der Waals surface area (Å²) in [5, 5.41) is 13.3. The Morgan fingerprint density at radius 2 is 1.89 bits per heavy atom. The van der Waals surface area contributed by atoms with Gasteiger partial charge in [-0.15, -0.1) is 0 Å². The van der Waals surface area contributed by atoms with Gasteiger partial charge in [-0.1, -0.05) is 12.1 Å². The van der Waals surface area contributed by atoms with Gasteiger partial charge in [-0.3, -0.25) is 4.90 Å². The molecule has 0 aromatic heterocycles. The molecule has 3 heteroatoms. The Morgan fingerprint density at radius 3 is 2.44 bits per heavy atom. The standard InChI is InChI=1S/C15H24N2O/c1-11-7-13(8-12(2)14(11)18)9-17-6-5-16-10-15(17,3)4/h7-8,16,18H,5-6,9-10H2,1-4H3. The lowest BCUT2D eigenvalue weighted by Gasteiger charge is -2.43. The number of nitrogens with zero attached hydrogens (tertiary/aromatic N) is 1. The molecule has 100 valence electrons. The number of phenolic OH excluding ortho intramolecular Hbond substituents is 1. The van der Waals surface area contributed by atoms with Crippen LogP contribution in [0.4, 0.5) is 0 Å². The molecule has 3 nitrogen and oxygen atoms in total. The second-order valence-electron chi connectivity index (χ2n) is 5.99. The van der Waals surface area contributed by atoms with E-state index in [2.05, 4.69) is 36.2 Å². The molecule has 1 aromatic carbocycles. The van der Waals surface area contributed by atoms with Gasteiger partial charge in [-0.05, 0) is 44.4 Å². The summed E-state index contributed by atoms with van der Waals surface area (Å²) >= 11 is 0. The van der Waals surface area contributed by atoms with E-state index in [1.807, 2.05) is 13.8 Å². The van der Waals surface area contributed by atoms with Gasteiger partial charge in [0.1, 0.15) is 5.75 Å². The summed E-state index contributed by atoms with van der Waals surface area (Å²) in [7, 11) is 0. The van der Waals surface area contributed by atoms with Crippen molar-refractivity contribution >= 4 is 0 Å². The molecule has 0 aliphatic carbocycles. The molecule has 0 saturated carbocycles. The highest BCUT2D eigenvalue weighted by Crippen LogP contribution is 2.25. The predicted molar refractivity (Wildman–Crippen MR) is 74.9 cm³/mol. The smallest absolute Gasteiger partial charge is 0.121 e. The molecule has 1 aliphatic rings. The number of piperazine rings is 1. The zero-order valence-electron chi connectivity index (χ0n) is 11.9. The number of phenols is 1. The number of hydrogen-bond acceptors (Lipinski definition) is 3. The van der Waals surface area contributed by atoms with Crippen molar-refractivity contribution in [3.8, 4) is 5.75 Å². The average molecular weight is 248 g/mol. The molecule has 0 unspecified atom stereocenters. The van der Waals surface area contributed by atoms with Crippen LogP contribution in [0.2, 0.25) is 0 Å². The first-order chi connectivity index (χ1) is 8.40. The summed E-state index contributed by atoms with van der Waals surface area (Å²) in [6.07, 6.45) is 0. The van der Waals surface area contributed by atoms with Crippen molar-refractivity contribution in [1.29, 1.82) is 0 Å². The zero-order chi connectivity index (χ0) is 13.3. The summed E-state index contributed by atoms with van der Waals surface area (Å²) in [5.74, 6) is 0.429. The molecule has 1 heterocycles. The van der Waals surface area contributed by atoms with Crippen molar-refractivity contribution in [2.45, 2.75) is 39.8 Å². The third kappa shape index (κ3) is 2.68. The topological polar surface area (TPSA) is 35.5 Å². The number of hydrogen-bond donors (Lipinski definition) is 2. The summed E-state index contributed by atoms with van der Waals surface area (Å²) in [6, 6.07) is 4.20. The van der Waals surface area contributed by atoms with Gasteiger partial charge in [0.25, 0.3) is 0 Å². The van der Waals surface area contributed by atoms with Crippen molar-refractivity contribution in [3.63, 3.8) is 0 Å². The first-order valence-corrected chi connectivity index (χ1v) is 6.65. The molecule has 1 fully saturated rings. The molecule has 1 aliphatic heterocycles. The van der Waals surface area contributed by atoms with Gasteiger partial charge < -0.3 is 10.4 Å². The third-order valence-electron chi connectivity index (χ3n) is 3.90. The molecular weight excluding hydrogens is 224 g/mol. The first-order valence-electron chi connectivity index (χ1n) is 6.65. The number of nitrogens with one attached hydrogen (secondary N) is 1. The number of rotatable bonds is 2. The lowest BCUT2D eigenvalue weighted by molar-refractivity contribution is 0.0827. The quantitative estimate of drug-likeness (QED) is 0.842. The Labute approximate surface area is 110 Å². The van der Waals surface area contributed by atoms with Crippen LogP contribution < -0.4 is 5.32 Å². The van der Waals surface area contributed by atoms with E-state index in [0.717, 1.165) is 37.3 Å². The van der Waals surface area contributed by atoms with Crippen LogP contribution in [0.5, 0.6) is 5.75 Å². The van der Waals surface area contributed by atoms with E-state index in [9.17, 15) is 5.11 Å². The molecule has 2 rings (SSSR count). The highest BCUT2D eigenvalue weighted by atomic mass is 16.3. The first kappa shape index (κ1) is 13.4. The Bertz CT molecular complexity index is 417. The molecule has 0 spiro atoms. The molecule has 0 bridgehead atoms. The maximum absolute atomic E-state index is 9.82. The van der Waals surface area contributed by atoms with E-state index >= 15 is 0 Å². The normalized spacial score (nSPS) is 20.0. The molecule has 0 radical (unpaired) electrons. The molecular formula is C15H24N2O. The van der Waals surface area contributed by atoms with Crippen LogP contribution in [0, 0.1) is 13.8 Å².